The van der Waals surface area contributed by atoms with Crippen LogP contribution >= 0.6 is 0 Å². The summed E-state index contributed by atoms with van der Waals surface area (Å²) in [5, 5.41) is 6.47. The number of benzene rings is 1. The monoisotopic (exact) mass is 421 g/mol. The summed E-state index contributed by atoms with van der Waals surface area (Å²) in [6.45, 7) is 0.206. The van der Waals surface area contributed by atoms with Crippen LogP contribution in [0.1, 0.15) is 30.5 Å². The van der Waals surface area contributed by atoms with Crippen molar-refractivity contribution in [1.82, 2.24) is 14.5 Å². The van der Waals surface area contributed by atoms with Crippen LogP contribution in [-0.2, 0) is 16.2 Å². The van der Waals surface area contributed by atoms with Crippen molar-refractivity contribution in [2.75, 3.05) is 27.3 Å². The van der Waals surface area contributed by atoms with Gasteiger partial charge >= 0.3 is 12.1 Å². The molecule has 3 rings (SSSR count). The first kappa shape index (κ1) is 20.4. The fraction of sp³-hybridized carbons (Fsp3) is 0.500. The molecule has 8 nitrogen and oxygen atoms in total. The Bertz CT molecular complexity index is 937. The van der Waals surface area contributed by atoms with E-state index in [-0.39, 0.29) is 42.5 Å². The molecule has 1 aliphatic rings. The molecule has 0 aliphatic carbocycles. The van der Waals surface area contributed by atoms with Gasteiger partial charge in [-0.1, -0.05) is 0 Å². The van der Waals surface area contributed by atoms with Crippen molar-refractivity contribution in [2.24, 2.45) is 0 Å². The number of nitrogens with zero attached hydrogens (tertiary/aromatic N) is 3. The molecule has 0 amide bonds. The van der Waals surface area contributed by atoms with Gasteiger partial charge in [-0.25, -0.2) is 8.42 Å². The number of ether oxygens (including phenoxy) is 2. The molecule has 0 bridgehead atoms. The minimum absolute atomic E-state index is 0.00796. The topological polar surface area (TPSA) is 94.8 Å². The van der Waals surface area contributed by atoms with E-state index >= 15 is 0 Å². The predicted octanol–water partition coefficient (Wildman–Crippen LogP) is 2.67. The summed E-state index contributed by atoms with van der Waals surface area (Å²) >= 11 is 0. The molecule has 1 aromatic heterocycles. The molecule has 1 fully saturated rings. The number of hydrogen-bond acceptors (Lipinski definition) is 7. The van der Waals surface area contributed by atoms with Crippen molar-refractivity contribution < 1.29 is 35.5 Å². The van der Waals surface area contributed by atoms with E-state index in [9.17, 15) is 21.6 Å². The molecule has 0 atom stereocenters. The first-order valence-corrected chi connectivity index (χ1v) is 9.73. The average molecular weight is 421 g/mol. The number of rotatable bonds is 5. The third kappa shape index (κ3) is 3.92. The Hall–Kier alpha value is -2.34. The zero-order valence-corrected chi connectivity index (χ0v) is 15.9. The van der Waals surface area contributed by atoms with Gasteiger partial charge < -0.3 is 13.9 Å². The van der Waals surface area contributed by atoms with Gasteiger partial charge in [-0.3, -0.25) is 0 Å². The molecule has 28 heavy (non-hydrogen) atoms. The van der Waals surface area contributed by atoms with Gasteiger partial charge in [0.2, 0.25) is 15.9 Å². The maximum atomic E-state index is 13.0. The SMILES string of the molecule is COc1ccc(S(=O)(=O)N2CCC(c3nnc(C(F)(F)F)o3)CC2)c(OC)c1. The van der Waals surface area contributed by atoms with Crippen molar-refractivity contribution in [3.8, 4) is 11.5 Å². The first-order chi connectivity index (χ1) is 13.2. The van der Waals surface area contributed by atoms with Crippen LogP contribution in [0.3, 0.4) is 0 Å². The van der Waals surface area contributed by atoms with Crippen molar-refractivity contribution in [1.29, 1.82) is 0 Å². The van der Waals surface area contributed by atoms with E-state index in [0.717, 1.165) is 0 Å². The Kier molecular flexibility index (Phi) is 5.53. The second kappa shape index (κ2) is 7.59. The molecule has 1 aromatic carbocycles. The van der Waals surface area contributed by atoms with Gasteiger partial charge in [-0.05, 0) is 25.0 Å². The third-order valence-corrected chi connectivity index (χ3v) is 6.41. The molecule has 0 N–H and O–H groups in total. The van der Waals surface area contributed by atoms with Crippen LogP contribution in [0.2, 0.25) is 0 Å². The van der Waals surface area contributed by atoms with Crippen molar-refractivity contribution in [3.05, 3.63) is 30.0 Å². The van der Waals surface area contributed by atoms with E-state index in [2.05, 4.69) is 10.2 Å². The van der Waals surface area contributed by atoms with E-state index in [1.54, 1.807) is 0 Å². The Morgan fingerprint density at radius 1 is 1.14 bits per heavy atom. The van der Waals surface area contributed by atoms with E-state index in [0.29, 0.717) is 5.75 Å². The van der Waals surface area contributed by atoms with Crippen LogP contribution in [0.25, 0.3) is 0 Å². The summed E-state index contributed by atoms with van der Waals surface area (Å²) in [5.41, 5.74) is 0. The van der Waals surface area contributed by atoms with E-state index in [1.807, 2.05) is 0 Å². The number of sulfonamides is 1. The van der Waals surface area contributed by atoms with Crippen LogP contribution in [0.15, 0.2) is 27.5 Å². The molecule has 154 valence electrons. The summed E-state index contributed by atoms with van der Waals surface area (Å²) in [4.78, 5) is -0.00796. The maximum Gasteiger partial charge on any atom is 0.470 e. The van der Waals surface area contributed by atoms with E-state index in [1.165, 1.54) is 36.7 Å². The first-order valence-electron chi connectivity index (χ1n) is 8.29. The van der Waals surface area contributed by atoms with E-state index in [4.69, 9.17) is 13.9 Å². The van der Waals surface area contributed by atoms with Crippen molar-refractivity contribution in [2.45, 2.75) is 29.8 Å². The predicted molar refractivity (Wildman–Crippen MR) is 89.6 cm³/mol. The van der Waals surface area contributed by atoms with Crippen molar-refractivity contribution >= 4 is 10.0 Å². The Morgan fingerprint density at radius 3 is 2.36 bits per heavy atom. The highest BCUT2D eigenvalue weighted by molar-refractivity contribution is 7.89. The van der Waals surface area contributed by atoms with Crippen LogP contribution in [0.5, 0.6) is 11.5 Å². The molecular formula is C16H18F3N3O5S. The Morgan fingerprint density at radius 2 is 1.82 bits per heavy atom. The van der Waals surface area contributed by atoms with Crippen LogP contribution in [-0.4, -0.2) is 50.2 Å². The average Bonchev–Trinajstić information content (AvgIpc) is 3.18. The van der Waals surface area contributed by atoms with Gasteiger partial charge in [0.25, 0.3) is 0 Å². The summed E-state index contributed by atoms with van der Waals surface area (Å²) in [6, 6.07) is 4.38. The highest BCUT2D eigenvalue weighted by Crippen LogP contribution is 2.36. The van der Waals surface area contributed by atoms with Crippen LogP contribution < -0.4 is 9.47 Å². The largest absolute Gasteiger partial charge is 0.497 e. The smallest absolute Gasteiger partial charge is 0.470 e. The minimum Gasteiger partial charge on any atom is -0.497 e. The van der Waals surface area contributed by atoms with Gasteiger partial charge in [0.1, 0.15) is 16.4 Å². The molecule has 0 unspecified atom stereocenters. The lowest BCUT2D eigenvalue weighted by atomic mass is 9.98. The highest BCUT2D eigenvalue weighted by atomic mass is 32.2. The second-order valence-electron chi connectivity index (χ2n) is 6.14. The maximum absolute atomic E-state index is 13.0. The van der Waals surface area contributed by atoms with Gasteiger partial charge in [0.05, 0.1) is 14.2 Å². The zero-order chi connectivity index (χ0) is 20.5. The lowest BCUT2D eigenvalue weighted by Gasteiger charge is -2.30. The summed E-state index contributed by atoms with van der Waals surface area (Å²) < 4.78 is 79.9. The molecule has 2 heterocycles. The molecule has 2 aromatic rings. The molecule has 1 aliphatic heterocycles. The van der Waals surface area contributed by atoms with Gasteiger partial charge in [0, 0.05) is 25.1 Å². The lowest BCUT2D eigenvalue weighted by Crippen LogP contribution is -2.38. The normalized spacial score (nSPS) is 16.9. The summed E-state index contributed by atoms with van der Waals surface area (Å²) in [7, 11) is -1.04. The van der Waals surface area contributed by atoms with Crippen molar-refractivity contribution in [3.63, 3.8) is 0 Å². The van der Waals surface area contributed by atoms with Crippen LogP contribution in [0, 0.1) is 0 Å². The number of halogens is 3. The molecule has 0 spiro atoms. The number of methoxy groups -OCH3 is 2. The molecule has 12 heteroatoms. The number of piperidine rings is 1. The molecule has 0 saturated carbocycles. The summed E-state index contributed by atoms with van der Waals surface area (Å²) in [5.74, 6) is -1.38. The number of aromatic nitrogens is 2. The van der Waals surface area contributed by atoms with Gasteiger partial charge in [-0.2, -0.15) is 17.5 Å². The number of hydrogen-bond donors (Lipinski definition) is 0. The molecule has 1 saturated heterocycles. The minimum atomic E-state index is -4.71. The Labute approximate surface area is 159 Å². The number of alkyl halides is 3. The molecular weight excluding hydrogens is 403 g/mol. The molecule has 0 radical (unpaired) electrons. The third-order valence-electron chi connectivity index (χ3n) is 4.47. The van der Waals surface area contributed by atoms with E-state index < -0.39 is 28.0 Å². The fourth-order valence-electron chi connectivity index (χ4n) is 2.98. The summed E-state index contributed by atoms with van der Waals surface area (Å²) in [6.07, 6.45) is -4.19. The quantitative estimate of drug-likeness (QED) is 0.733. The Balaban J connectivity index is 1.74. The van der Waals surface area contributed by atoms with Crippen LogP contribution in [0.4, 0.5) is 13.2 Å². The zero-order valence-electron chi connectivity index (χ0n) is 15.1. The lowest BCUT2D eigenvalue weighted by molar-refractivity contribution is -0.157. The van der Waals surface area contributed by atoms with Gasteiger partial charge in [0.15, 0.2) is 0 Å². The highest BCUT2D eigenvalue weighted by Gasteiger charge is 2.40. The fourth-order valence-corrected chi connectivity index (χ4v) is 4.59. The standard InChI is InChI=1S/C16H18F3N3O5S/c1-25-11-3-4-13(12(9-11)26-2)28(23,24)22-7-5-10(6-8-22)14-20-21-15(27-14)16(17,18)19/h3-4,9-10H,5-8H2,1-2H3. The van der Waals surface area contributed by atoms with Gasteiger partial charge in [-0.15, -0.1) is 10.2 Å². The second-order valence-corrected chi connectivity index (χ2v) is 8.04.